The third-order valence-corrected chi connectivity index (χ3v) is 4.91. The molecule has 1 atom stereocenters. The van der Waals surface area contributed by atoms with Crippen molar-refractivity contribution in [1.29, 1.82) is 0 Å². The Morgan fingerprint density at radius 1 is 1.07 bits per heavy atom. The van der Waals surface area contributed by atoms with Crippen LogP contribution in [0, 0.1) is 6.92 Å². The maximum Gasteiger partial charge on any atom is 0.226 e. The van der Waals surface area contributed by atoms with E-state index in [2.05, 4.69) is 10.4 Å². The average molecular weight is 363 g/mol. The van der Waals surface area contributed by atoms with E-state index in [4.69, 9.17) is 9.47 Å². The molecular formula is C21H21N3O3. The molecule has 1 amide bonds. The highest BCUT2D eigenvalue weighted by atomic mass is 16.5. The fourth-order valence-electron chi connectivity index (χ4n) is 3.49. The van der Waals surface area contributed by atoms with Gasteiger partial charge in [-0.1, -0.05) is 17.7 Å². The van der Waals surface area contributed by atoms with Gasteiger partial charge in [0.15, 0.2) is 0 Å². The fourth-order valence-corrected chi connectivity index (χ4v) is 3.49. The normalized spacial score (nSPS) is 15.8. The topological polar surface area (TPSA) is 65.4 Å². The van der Waals surface area contributed by atoms with E-state index in [1.807, 2.05) is 55.6 Å². The zero-order valence-corrected chi connectivity index (χ0v) is 15.5. The quantitative estimate of drug-likeness (QED) is 0.768. The number of benzene rings is 2. The van der Waals surface area contributed by atoms with Gasteiger partial charge in [-0.25, -0.2) is 4.68 Å². The molecule has 1 aliphatic heterocycles. The van der Waals surface area contributed by atoms with E-state index in [0.717, 1.165) is 28.3 Å². The zero-order valence-electron chi connectivity index (χ0n) is 15.5. The van der Waals surface area contributed by atoms with Crippen molar-refractivity contribution in [1.82, 2.24) is 9.78 Å². The number of methoxy groups -OCH3 is 2. The molecule has 0 unspecified atom stereocenters. The third-order valence-electron chi connectivity index (χ3n) is 4.91. The number of hydrogen-bond donors (Lipinski definition) is 1. The van der Waals surface area contributed by atoms with Gasteiger partial charge in [-0.15, -0.1) is 0 Å². The summed E-state index contributed by atoms with van der Waals surface area (Å²) in [6, 6.07) is 13.7. The van der Waals surface area contributed by atoms with Gasteiger partial charge in [-0.05, 0) is 37.3 Å². The molecule has 0 spiro atoms. The first-order valence-corrected chi connectivity index (χ1v) is 8.77. The first kappa shape index (κ1) is 17.1. The predicted octanol–water partition coefficient (Wildman–Crippen LogP) is 3.67. The Bertz CT molecular complexity index is 992. The number of nitrogens with zero attached hydrogens (tertiary/aromatic N) is 2. The number of aryl methyl sites for hydroxylation is 1. The predicted molar refractivity (Wildman–Crippen MR) is 103 cm³/mol. The highest BCUT2D eigenvalue weighted by Gasteiger charge is 2.32. The molecule has 2 aromatic carbocycles. The van der Waals surface area contributed by atoms with E-state index in [1.54, 1.807) is 18.9 Å². The van der Waals surface area contributed by atoms with E-state index < -0.39 is 0 Å². The second kappa shape index (κ2) is 6.79. The van der Waals surface area contributed by atoms with E-state index in [1.165, 1.54) is 5.56 Å². The summed E-state index contributed by atoms with van der Waals surface area (Å²) in [5, 5.41) is 7.51. The fraction of sp³-hybridized carbons (Fsp3) is 0.238. The lowest BCUT2D eigenvalue weighted by Gasteiger charge is -2.25. The van der Waals surface area contributed by atoms with E-state index in [0.29, 0.717) is 12.2 Å². The summed E-state index contributed by atoms with van der Waals surface area (Å²) >= 11 is 0. The number of ether oxygens (including phenoxy) is 2. The van der Waals surface area contributed by atoms with Gasteiger partial charge in [0.2, 0.25) is 5.91 Å². The summed E-state index contributed by atoms with van der Waals surface area (Å²) in [7, 11) is 3.25. The lowest BCUT2D eigenvalue weighted by molar-refractivity contribution is -0.116. The summed E-state index contributed by atoms with van der Waals surface area (Å²) in [4.78, 5) is 12.5. The van der Waals surface area contributed by atoms with Crippen LogP contribution >= 0.6 is 0 Å². The minimum Gasteiger partial charge on any atom is -0.497 e. The lowest BCUT2D eigenvalue weighted by atomic mass is 9.86. The summed E-state index contributed by atoms with van der Waals surface area (Å²) < 4.78 is 12.7. The molecule has 0 bridgehead atoms. The molecule has 0 saturated carbocycles. The first-order valence-electron chi connectivity index (χ1n) is 8.77. The Morgan fingerprint density at radius 2 is 1.85 bits per heavy atom. The van der Waals surface area contributed by atoms with E-state index in [-0.39, 0.29) is 11.8 Å². The van der Waals surface area contributed by atoms with Crippen LogP contribution in [0.1, 0.15) is 29.0 Å². The van der Waals surface area contributed by atoms with Crippen LogP contribution in [-0.2, 0) is 4.79 Å². The van der Waals surface area contributed by atoms with Crippen molar-refractivity contribution < 1.29 is 14.3 Å². The average Bonchev–Trinajstić information content (AvgIpc) is 3.11. The van der Waals surface area contributed by atoms with Crippen LogP contribution in [0.25, 0.3) is 5.69 Å². The van der Waals surface area contributed by atoms with Crippen LogP contribution in [0.5, 0.6) is 11.5 Å². The molecule has 1 aromatic heterocycles. The minimum absolute atomic E-state index is 0.0498. The Hall–Kier alpha value is -3.28. The summed E-state index contributed by atoms with van der Waals surface area (Å²) in [5.41, 5.74) is 3.95. The molecule has 1 N–H and O–H groups in total. The minimum atomic E-state index is -0.155. The standard InChI is InChI=1S/C21H21N3O3/c1-13-4-6-14(7-5-13)24-21-18(12-22-24)16(11-20(25)23-21)17-10-15(26-2)8-9-19(17)27-3/h4-10,12,16H,11H2,1-3H3,(H,23,25)/t16-/m1/s1. The smallest absolute Gasteiger partial charge is 0.226 e. The Morgan fingerprint density at radius 3 is 2.56 bits per heavy atom. The second-order valence-corrected chi connectivity index (χ2v) is 6.61. The molecule has 138 valence electrons. The van der Waals surface area contributed by atoms with Gasteiger partial charge in [0.1, 0.15) is 17.3 Å². The van der Waals surface area contributed by atoms with Gasteiger partial charge in [0, 0.05) is 23.5 Å². The van der Waals surface area contributed by atoms with Crippen molar-refractivity contribution in [2.75, 3.05) is 19.5 Å². The van der Waals surface area contributed by atoms with E-state index in [9.17, 15) is 4.79 Å². The van der Waals surface area contributed by atoms with Crippen molar-refractivity contribution >= 4 is 11.7 Å². The second-order valence-electron chi connectivity index (χ2n) is 6.61. The molecule has 2 heterocycles. The molecule has 0 fully saturated rings. The highest BCUT2D eigenvalue weighted by Crippen LogP contribution is 2.42. The number of rotatable bonds is 4. The van der Waals surface area contributed by atoms with Gasteiger partial charge in [-0.2, -0.15) is 5.10 Å². The molecule has 0 aliphatic carbocycles. The van der Waals surface area contributed by atoms with Gasteiger partial charge < -0.3 is 14.8 Å². The SMILES string of the molecule is COc1ccc(OC)c([C@H]2CC(=O)Nc3c2cnn3-c2ccc(C)cc2)c1. The summed E-state index contributed by atoms with van der Waals surface area (Å²) in [6.45, 7) is 2.04. The van der Waals surface area contributed by atoms with E-state index >= 15 is 0 Å². The number of hydrogen-bond acceptors (Lipinski definition) is 4. The Kier molecular flexibility index (Phi) is 4.32. The number of carbonyl (C=O) groups is 1. The molecule has 6 heteroatoms. The van der Waals surface area contributed by atoms with Crippen LogP contribution in [0.15, 0.2) is 48.7 Å². The molecule has 6 nitrogen and oxygen atoms in total. The van der Waals surface area contributed by atoms with Crippen molar-refractivity contribution in [2.45, 2.75) is 19.3 Å². The molecule has 3 aromatic rings. The molecule has 0 saturated heterocycles. The molecule has 27 heavy (non-hydrogen) atoms. The van der Waals surface area contributed by atoms with Gasteiger partial charge in [-0.3, -0.25) is 4.79 Å². The molecule has 1 aliphatic rings. The number of fused-ring (bicyclic) bond motifs is 1. The van der Waals surface area contributed by atoms with Crippen molar-refractivity contribution in [3.63, 3.8) is 0 Å². The molecule has 0 radical (unpaired) electrons. The third kappa shape index (κ3) is 3.03. The van der Waals surface area contributed by atoms with Gasteiger partial charge >= 0.3 is 0 Å². The number of aromatic nitrogens is 2. The largest absolute Gasteiger partial charge is 0.497 e. The van der Waals surface area contributed by atoms with Crippen LogP contribution in [0.3, 0.4) is 0 Å². The lowest BCUT2D eigenvalue weighted by Crippen LogP contribution is -2.24. The van der Waals surface area contributed by atoms with Gasteiger partial charge in [0.25, 0.3) is 0 Å². The number of nitrogens with one attached hydrogen (secondary N) is 1. The molecule has 4 rings (SSSR count). The van der Waals surface area contributed by atoms with Crippen LogP contribution in [0.4, 0.5) is 5.82 Å². The zero-order chi connectivity index (χ0) is 19.0. The maximum atomic E-state index is 12.5. The Labute approximate surface area is 157 Å². The Balaban J connectivity index is 1.83. The molecular weight excluding hydrogens is 342 g/mol. The van der Waals surface area contributed by atoms with Crippen LogP contribution in [0.2, 0.25) is 0 Å². The van der Waals surface area contributed by atoms with Crippen molar-refractivity contribution in [3.8, 4) is 17.2 Å². The maximum absolute atomic E-state index is 12.5. The van der Waals surface area contributed by atoms with Crippen LogP contribution < -0.4 is 14.8 Å². The van der Waals surface area contributed by atoms with Gasteiger partial charge in [0.05, 0.1) is 26.1 Å². The first-order chi connectivity index (χ1) is 13.1. The summed E-state index contributed by atoms with van der Waals surface area (Å²) in [5.74, 6) is 1.95. The number of anilines is 1. The van der Waals surface area contributed by atoms with Crippen LogP contribution in [-0.4, -0.2) is 29.9 Å². The van der Waals surface area contributed by atoms with Crippen molar-refractivity contribution in [3.05, 3.63) is 65.4 Å². The monoisotopic (exact) mass is 363 g/mol. The number of carbonyl (C=O) groups excluding carboxylic acids is 1. The van der Waals surface area contributed by atoms with Crippen molar-refractivity contribution in [2.24, 2.45) is 0 Å². The highest BCUT2D eigenvalue weighted by molar-refractivity contribution is 5.94. The number of amides is 1. The summed E-state index contributed by atoms with van der Waals surface area (Å²) in [6.07, 6.45) is 2.15.